The first kappa shape index (κ1) is 22.4. The van der Waals surface area contributed by atoms with Crippen LogP contribution in [-0.4, -0.2) is 71.4 Å². The van der Waals surface area contributed by atoms with Crippen molar-refractivity contribution in [1.29, 1.82) is 0 Å². The number of aliphatic imine (C=N–C) groups is 1. The van der Waals surface area contributed by atoms with Gasteiger partial charge < -0.3 is 9.47 Å². The van der Waals surface area contributed by atoms with E-state index in [2.05, 4.69) is 9.73 Å². The summed E-state index contributed by atoms with van der Waals surface area (Å²) in [5, 5.41) is 0.172. The molecule has 1 fully saturated rings. The lowest BCUT2D eigenvalue weighted by molar-refractivity contribution is -0.557. The highest BCUT2D eigenvalue weighted by Crippen LogP contribution is 2.25. The fourth-order valence-electron chi connectivity index (χ4n) is 3.53. The molecule has 0 radical (unpaired) electrons. The summed E-state index contributed by atoms with van der Waals surface area (Å²) < 4.78 is 25.7. The Kier molecular flexibility index (Phi) is 5.86. The molecule has 0 aromatic heterocycles. The van der Waals surface area contributed by atoms with Gasteiger partial charge in [-0.05, 0) is 36.4 Å². The van der Waals surface area contributed by atoms with Crippen molar-refractivity contribution in [1.82, 2.24) is 9.80 Å². The van der Waals surface area contributed by atoms with Gasteiger partial charge in [-0.3, -0.25) is 14.6 Å². The molecule has 4 rings (SSSR count). The number of hydrogen-bond acceptors (Lipinski definition) is 6. The van der Waals surface area contributed by atoms with Crippen molar-refractivity contribution in [2.24, 2.45) is 4.99 Å². The summed E-state index contributed by atoms with van der Waals surface area (Å²) in [5.41, 5.74) is 0.866. The summed E-state index contributed by atoms with van der Waals surface area (Å²) >= 11 is 6.21. The molecule has 0 spiro atoms. The van der Waals surface area contributed by atoms with Gasteiger partial charge in [-0.25, -0.2) is 14.0 Å². The van der Waals surface area contributed by atoms with Gasteiger partial charge in [0.1, 0.15) is 18.1 Å². The fourth-order valence-corrected chi connectivity index (χ4v) is 3.76. The number of carbonyl (C=O) groups is 3. The molecule has 2 aliphatic heterocycles. The Morgan fingerprint density at radius 2 is 1.85 bits per heavy atom. The minimum Gasteiger partial charge on any atom is -0.465 e. The predicted octanol–water partition coefficient (Wildman–Crippen LogP) is 2.52. The minimum absolute atomic E-state index is 0.0458. The van der Waals surface area contributed by atoms with Crippen LogP contribution in [0.4, 0.5) is 9.18 Å². The standard InChI is InChI=1S/C22H19ClFN4O5/c1-26-18-17(19(29)27(2)22(26)31)28(11-13-4-7-14(24)10-16(13)23)21(25-18)33-15-8-5-12(6-9-15)20(30)32-3/h4-10,17H,11H2,1-3H3/q+1. The van der Waals surface area contributed by atoms with E-state index in [-0.39, 0.29) is 23.4 Å². The second-order valence-electron chi connectivity index (χ2n) is 7.38. The third-order valence-electron chi connectivity index (χ3n) is 5.33. The van der Waals surface area contributed by atoms with Gasteiger partial charge in [-0.2, -0.15) is 4.58 Å². The van der Waals surface area contributed by atoms with E-state index >= 15 is 0 Å². The number of amides is 3. The van der Waals surface area contributed by atoms with Crippen LogP contribution in [0.1, 0.15) is 15.9 Å². The quantitative estimate of drug-likeness (QED) is 0.502. The summed E-state index contributed by atoms with van der Waals surface area (Å²) in [7, 11) is 4.17. The Balaban J connectivity index is 1.74. The lowest BCUT2D eigenvalue weighted by Gasteiger charge is -2.30. The maximum Gasteiger partial charge on any atom is 0.502 e. The summed E-state index contributed by atoms with van der Waals surface area (Å²) in [5.74, 6) is -0.947. The van der Waals surface area contributed by atoms with Gasteiger partial charge >= 0.3 is 18.0 Å². The molecule has 0 bridgehead atoms. The number of methoxy groups -OCH3 is 1. The number of imide groups is 1. The maximum atomic E-state index is 13.5. The monoisotopic (exact) mass is 473 g/mol. The largest absolute Gasteiger partial charge is 0.502 e. The van der Waals surface area contributed by atoms with Gasteiger partial charge in [0, 0.05) is 24.7 Å². The predicted molar refractivity (Wildman–Crippen MR) is 116 cm³/mol. The highest BCUT2D eigenvalue weighted by molar-refractivity contribution is 6.31. The molecule has 0 aliphatic carbocycles. The molecule has 2 aromatic rings. The third kappa shape index (κ3) is 4.05. The van der Waals surface area contributed by atoms with E-state index in [1.807, 2.05) is 0 Å². The summed E-state index contributed by atoms with van der Waals surface area (Å²) in [4.78, 5) is 43.7. The van der Waals surface area contributed by atoms with Crippen LogP contribution in [0.2, 0.25) is 5.02 Å². The van der Waals surface area contributed by atoms with Crippen LogP contribution >= 0.6 is 11.6 Å². The zero-order chi connectivity index (χ0) is 23.9. The number of amidine groups is 2. The van der Waals surface area contributed by atoms with Crippen molar-refractivity contribution in [3.8, 4) is 5.75 Å². The van der Waals surface area contributed by atoms with Crippen LogP contribution in [0.3, 0.4) is 0 Å². The Hall–Kier alpha value is -3.79. The smallest absolute Gasteiger partial charge is 0.465 e. The van der Waals surface area contributed by atoms with Gasteiger partial charge in [0.15, 0.2) is 0 Å². The molecule has 2 heterocycles. The van der Waals surface area contributed by atoms with E-state index in [4.69, 9.17) is 16.3 Å². The topological polar surface area (TPSA) is 91.5 Å². The number of nitrogens with zero attached hydrogens (tertiary/aromatic N) is 4. The van der Waals surface area contributed by atoms with Crippen LogP contribution < -0.4 is 4.74 Å². The van der Waals surface area contributed by atoms with E-state index in [9.17, 15) is 18.8 Å². The van der Waals surface area contributed by atoms with Gasteiger partial charge in [-0.1, -0.05) is 17.7 Å². The summed E-state index contributed by atoms with van der Waals surface area (Å²) in [6, 6.07) is 8.65. The second-order valence-corrected chi connectivity index (χ2v) is 7.78. The average molecular weight is 474 g/mol. The highest BCUT2D eigenvalue weighted by Gasteiger charge is 2.54. The lowest BCUT2D eigenvalue weighted by atomic mass is 10.1. The fraction of sp³-hybridized carbons (Fsp3) is 0.227. The Bertz CT molecular complexity index is 1230. The van der Waals surface area contributed by atoms with Crippen molar-refractivity contribution in [3.05, 3.63) is 64.4 Å². The normalized spacial score (nSPS) is 17.8. The van der Waals surface area contributed by atoms with Crippen LogP contribution in [-0.2, 0) is 16.1 Å². The van der Waals surface area contributed by atoms with E-state index in [0.29, 0.717) is 16.9 Å². The molecule has 11 heteroatoms. The summed E-state index contributed by atoms with van der Waals surface area (Å²) in [6.45, 7) is 0.0635. The Morgan fingerprint density at radius 1 is 1.15 bits per heavy atom. The van der Waals surface area contributed by atoms with Crippen molar-refractivity contribution in [3.63, 3.8) is 0 Å². The number of halogens is 2. The molecular formula is C22H19ClFN4O5+. The number of rotatable bonds is 4. The van der Waals surface area contributed by atoms with E-state index in [1.54, 1.807) is 16.7 Å². The number of hydrogen-bond donors (Lipinski definition) is 0. The molecule has 0 saturated carbocycles. The number of likely N-dealkylation sites (N-methyl/N-ethyl adjacent to an activating group) is 2. The molecule has 2 aromatic carbocycles. The molecule has 170 valence electrons. The first-order chi connectivity index (χ1) is 15.7. The number of esters is 1. The minimum atomic E-state index is -0.942. The summed E-state index contributed by atoms with van der Waals surface area (Å²) in [6.07, 6.45) is 0. The Morgan fingerprint density at radius 3 is 2.48 bits per heavy atom. The van der Waals surface area contributed by atoms with Crippen molar-refractivity contribution >= 4 is 41.4 Å². The lowest BCUT2D eigenvalue weighted by Crippen LogP contribution is -2.61. The first-order valence-corrected chi connectivity index (χ1v) is 10.2. The van der Waals surface area contributed by atoms with Crippen molar-refractivity contribution in [2.45, 2.75) is 12.6 Å². The van der Waals surface area contributed by atoms with Gasteiger partial charge in [0.2, 0.25) is 0 Å². The molecule has 2 aliphatic rings. The molecule has 1 saturated heterocycles. The van der Waals surface area contributed by atoms with Crippen LogP contribution in [0.15, 0.2) is 47.5 Å². The van der Waals surface area contributed by atoms with Crippen molar-refractivity contribution in [2.75, 3.05) is 21.2 Å². The maximum absolute atomic E-state index is 13.5. The highest BCUT2D eigenvalue weighted by atomic mass is 35.5. The van der Waals surface area contributed by atoms with Gasteiger partial charge in [-0.15, -0.1) is 0 Å². The molecular weight excluding hydrogens is 455 g/mol. The number of benzene rings is 2. The van der Waals surface area contributed by atoms with Crippen LogP contribution in [0, 0.1) is 5.82 Å². The van der Waals surface area contributed by atoms with E-state index < -0.39 is 29.8 Å². The molecule has 1 atom stereocenters. The molecule has 1 unspecified atom stereocenters. The van der Waals surface area contributed by atoms with Gasteiger partial charge in [0.05, 0.1) is 17.7 Å². The zero-order valence-electron chi connectivity index (χ0n) is 17.9. The Labute approximate surface area is 193 Å². The number of carbonyl (C=O) groups excluding carboxylic acids is 3. The molecule has 33 heavy (non-hydrogen) atoms. The van der Waals surface area contributed by atoms with E-state index in [0.717, 1.165) is 4.90 Å². The van der Waals surface area contributed by atoms with Crippen LogP contribution in [0.5, 0.6) is 5.75 Å². The number of fused-ring (bicyclic) bond motifs is 1. The number of ether oxygens (including phenoxy) is 2. The van der Waals surface area contributed by atoms with E-state index in [1.165, 1.54) is 56.4 Å². The average Bonchev–Trinajstić information content (AvgIpc) is 3.16. The second kappa shape index (κ2) is 8.62. The van der Waals surface area contributed by atoms with Gasteiger partial charge in [0.25, 0.3) is 17.8 Å². The third-order valence-corrected chi connectivity index (χ3v) is 5.69. The first-order valence-electron chi connectivity index (χ1n) is 9.79. The molecule has 3 amide bonds. The zero-order valence-corrected chi connectivity index (χ0v) is 18.7. The van der Waals surface area contributed by atoms with Crippen LogP contribution in [0.25, 0.3) is 0 Å². The molecule has 0 N–H and O–H groups in total. The van der Waals surface area contributed by atoms with Crippen molar-refractivity contribution < 1.29 is 32.8 Å². The SMILES string of the molecule is COC(=O)c1ccc(OC2=[N+](Cc3ccc(F)cc3Cl)C3C(=O)N(C)C(=O)N(C)C3=N2)cc1. The number of urea groups is 1. The molecule has 9 nitrogen and oxygen atoms in total.